The number of rotatable bonds is 13. The fourth-order valence-electron chi connectivity index (χ4n) is 4.61. The fraction of sp³-hybridized carbons (Fsp3) is 0.483. The number of aliphatic hydroxyl groups is 1. The summed E-state index contributed by atoms with van der Waals surface area (Å²) in [6.07, 6.45) is 0.989. The second kappa shape index (κ2) is 13.4. The van der Waals surface area contributed by atoms with Crippen molar-refractivity contribution in [1.29, 1.82) is 0 Å². The number of methoxy groups -OCH3 is 1. The van der Waals surface area contributed by atoms with Crippen LogP contribution in [0, 0.1) is 32.5 Å². The third-order valence-electron chi connectivity index (χ3n) is 6.18. The number of carbonyl (C=O) groups excluding carboxylic acids is 1. The SMILES string of the molecule is C=CNC(CC(C)C)C(O)N[C@@H](CC(=O)OCC)c1cc(-c2c(C)cc(OC)cc2C)cc(C)c1F. The van der Waals surface area contributed by atoms with Gasteiger partial charge in [0.2, 0.25) is 0 Å². The van der Waals surface area contributed by atoms with E-state index in [1.54, 1.807) is 33.1 Å². The monoisotopic (exact) mass is 500 g/mol. The van der Waals surface area contributed by atoms with E-state index in [1.165, 1.54) is 6.20 Å². The first-order valence-electron chi connectivity index (χ1n) is 12.4. The molecule has 198 valence electrons. The van der Waals surface area contributed by atoms with E-state index in [0.29, 0.717) is 23.5 Å². The maximum absolute atomic E-state index is 15.6. The van der Waals surface area contributed by atoms with Crippen LogP contribution < -0.4 is 15.4 Å². The largest absolute Gasteiger partial charge is 0.497 e. The molecule has 2 rings (SSSR count). The highest BCUT2D eigenvalue weighted by molar-refractivity contribution is 5.74. The summed E-state index contributed by atoms with van der Waals surface area (Å²) in [7, 11) is 1.62. The van der Waals surface area contributed by atoms with Gasteiger partial charge < -0.3 is 19.9 Å². The highest BCUT2D eigenvalue weighted by atomic mass is 19.1. The Hall–Kier alpha value is -2.90. The second-order valence-electron chi connectivity index (χ2n) is 9.61. The molecule has 0 heterocycles. The van der Waals surface area contributed by atoms with Gasteiger partial charge in [0, 0.05) is 11.6 Å². The zero-order valence-corrected chi connectivity index (χ0v) is 22.6. The van der Waals surface area contributed by atoms with E-state index in [9.17, 15) is 9.90 Å². The van der Waals surface area contributed by atoms with Crippen LogP contribution in [0.25, 0.3) is 11.1 Å². The molecule has 36 heavy (non-hydrogen) atoms. The molecule has 2 unspecified atom stereocenters. The molecule has 0 amide bonds. The molecule has 2 aromatic carbocycles. The third kappa shape index (κ3) is 7.55. The third-order valence-corrected chi connectivity index (χ3v) is 6.18. The van der Waals surface area contributed by atoms with Crippen LogP contribution in [-0.2, 0) is 9.53 Å². The number of nitrogens with one attached hydrogen (secondary N) is 2. The standard InChI is InChI=1S/C29H41FN2O4/c1-9-31-25(11-17(3)4)29(34)32-24(16-26(33)36-10-2)23-15-21(12-20(7)28(23)30)27-18(5)13-22(35-8)14-19(27)6/h9,12-15,17,24-25,29,31-32,34H,1,10-11,16H2,2-8H3/t24-,25?,29?/m0/s1. The first-order valence-corrected chi connectivity index (χ1v) is 12.4. The molecule has 0 aliphatic heterocycles. The Morgan fingerprint density at radius 1 is 1.14 bits per heavy atom. The molecule has 3 atom stereocenters. The summed E-state index contributed by atoms with van der Waals surface area (Å²) in [5, 5.41) is 17.2. The van der Waals surface area contributed by atoms with Crippen molar-refractivity contribution in [3.05, 3.63) is 65.1 Å². The van der Waals surface area contributed by atoms with Crippen molar-refractivity contribution in [2.24, 2.45) is 5.92 Å². The lowest BCUT2D eigenvalue weighted by atomic mass is 9.90. The lowest BCUT2D eigenvalue weighted by Crippen LogP contribution is -2.48. The Kier molecular flexibility index (Phi) is 10.9. The Bertz CT molecular complexity index is 1030. The van der Waals surface area contributed by atoms with Gasteiger partial charge in [0.1, 0.15) is 17.8 Å². The van der Waals surface area contributed by atoms with Gasteiger partial charge in [-0.2, -0.15) is 0 Å². The molecule has 2 aromatic rings. The molecule has 6 nitrogen and oxygen atoms in total. The minimum Gasteiger partial charge on any atom is -0.497 e. The van der Waals surface area contributed by atoms with Crippen molar-refractivity contribution in [3.63, 3.8) is 0 Å². The summed E-state index contributed by atoms with van der Waals surface area (Å²) < 4.78 is 26.1. The Morgan fingerprint density at radius 3 is 2.31 bits per heavy atom. The average Bonchev–Trinajstić information content (AvgIpc) is 2.79. The van der Waals surface area contributed by atoms with Gasteiger partial charge in [-0.15, -0.1) is 0 Å². The zero-order valence-electron chi connectivity index (χ0n) is 22.6. The lowest BCUT2D eigenvalue weighted by molar-refractivity contribution is -0.144. The van der Waals surface area contributed by atoms with Gasteiger partial charge in [0.05, 0.1) is 26.2 Å². The normalized spacial score (nSPS) is 13.7. The van der Waals surface area contributed by atoms with Crippen molar-refractivity contribution in [1.82, 2.24) is 10.6 Å². The van der Waals surface area contributed by atoms with Gasteiger partial charge in [0.15, 0.2) is 0 Å². The van der Waals surface area contributed by atoms with Gasteiger partial charge in [-0.3, -0.25) is 10.1 Å². The first kappa shape index (κ1) is 29.3. The van der Waals surface area contributed by atoms with E-state index in [-0.39, 0.29) is 19.1 Å². The molecule has 0 saturated carbocycles. The summed E-state index contributed by atoms with van der Waals surface area (Å²) in [6, 6.07) is 6.27. The van der Waals surface area contributed by atoms with Crippen LogP contribution in [0.4, 0.5) is 4.39 Å². The number of hydrogen-bond acceptors (Lipinski definition) is 6. The maximum Gasteiger partial charge on any atom is 0.307 e. The van der Waals surface area contributed by atoms with Crippen molar-refractivity contribution < 1.29 is 23.8 Å². The van der Waals surface area contributed by atoms with Crippen molar-refractivity contribution in [2.75, 3.05) is 13.7 Å². The quantitative estimate of drug-likeness (QED) is 0.250. The molecule has 0 spiro atoms. The first-order chi connectivity index (χ1) is 17.0. The molecule has 0 aliphatic carbocycles. The summed E-state index contributed by atoms with van der Waals surface area (Å²) in [6.45, 7) is 15.4. The second-order valence-corrected chi connectivity index (χ2v) is 9.61. The van der Waals surface area contributed by atoms with Gasteiger partial charge in [-0.25, -0.2) is 4.39 Å². The molecule has 0 radical (unpaired) electrons. The highest BCUT2D eigenvalue weighted by Crippen LogP contribution is 2.35. The molecule has 3 N–H and O–H groups in total. The number of aliphatic hydroxyl groups excluding tert-OH is 1. The number of hydrogen-bond donors (Lipinski definition) is 3. The molecule has 0 saturated heterocycles. The number of halogens is 1. The molecule has 0 aromatic heterocycles. The van der Waals surface area contributed by atoms with Crippen LogP contribution in [0.5, 0.6) is 5.75 Å². The maximum atomic E-state index is 15.6. The van der Waals surface area contributed by atoms with Crippen LogP contribution in [0.15, 0.2) is 37.0 Å². The van der Waals surface area contributed by atoms with Crippen molar-refractivity contribution in [3.8, 4) is 16.9 Å². The summed E-state index contributed by atoms with van der Waals surface area (Å²) in [5.41, 5.74) is 4.53. The Balaban J connectivity index is 2.58. The Morgan fingerprint density at radius 2 is 1.78 bits per heavy atom. The highest BCUT2D eigenvalue weighted by Gasteiger charge is 2.28. The molecule has 0 bridgehead atoms. The molecule has 7 heteroatoms. The van der Waals surface area contributed by atoms with E-state index in [2.05, 4.69) is 17.2 Å². The number of esters is 1. The minimum atomic E-state index is -1.06. The smallest absolute Gasteiger partial charge is 0.307 e. The fourth-order valence-corrected chi connectivity index (χ4v) is 4.61. The number of carbonyl (C=O) groups is 1. The topological polar surface area (TPSA) is 79.8 Å². The van der Waals surface area contributed by atoms with Crippen molar-refractivity contribution >= 4 is 5.97 Å². The minimum absolute atomic E-state index is 0.131. The predicted molar refractivity (Wildman–Crippen MR) is 142 cm³/mol. The van der Waals surface area contributed by atoms with Crippen LogP contribution in [0.1, 0.15) is 61.9 Å². The zero-order chi connectivity index (χ0) is 27.0. The average molecular weight is 501 g/mol. The van der Waals surface area contributed by atoms with Gasteiger partial charge >= 0.3 is 5.97 Å². The number of ether oxygens (including phenoxy) is 2. The summed E-state index contributed by atoms with van der Waals surface area (Å²) >= 11 is 0. The van der Waals surface area contributed by atoms with Crippen LogP contribution in [0.2, 0.25) is 0 Å². The van der Waals surface area contributed by atoms with Gasteiger partial charge in [0.25, 0.3) is 0 Å². The Labute approximate surface area is 214 Å². The van der Waals surface area contributed by atoms with Crippen LogP contribution in [0.3, 0.4) is 0 Å². The predicted octanol–water partition coefficient (Wildman–Crippen LogP) is 5.48. The van der Waals surface area contributed by atoms with E-state index < -0.39 is 24.1 Å². The van der Waals surface area contributed by atoms with E-state index in [1.807, 2.05) is 39.8 Å². The van der Waals surface area contributed by atoms with Crippen molar-refractivity contribution in [2.45, 2.75) is 72.7 Å². The van der Waals surface area contributed by atoms with E-state index >= 15 is 4.39 Å². The summed E-state index contributed by atoms with van der Waals surface area (Å²) in [4.78, 5) is 12.5. The van der Waals surface area contributed by atoms with E-state index in [4.69, 9.17) is 9.47 Å². The molecule has 0 aliphatic rings. The number of aryl methyl sites for hydroxylation is 3. The molecule has 0 fully saturated rings. The number of benzene rings is 2. The summed E-state index contributed by atoms with van der Waals surface area (Å²) in [5.74, 6) is 0.154. The van der Waals surface area contributed by atoms with Crippen LogP contribution >= 0.6 is 0 Å². The van der Waals surface area contributed by atoms with E-state index in [0.717, 1.165) is 28.0 Å². The van der Waals surface area contributed by atoms with Crippen LogP contribution in [-0.4, -0.2) is 37.1 Å². The molecular formula is C29H41FN2O4. The van der Waals surface area contributed by atoms with Gasteiger partial charge in [-0.05, 0) is 98.3 Å². The molecular weight excluding hydrogens is 459 g/mol. The van der Waals surface area contributed by atoms with Gasteiger partial charge in [-0.1, -0.05) is 20.4 Å². The lowest BCUT2D eigenvalue weighted by Gasteiger charge is -2.30.